The molecular formula is C23H25N3O2. The van der Waals surface area contributed by atoms with Gasteiger partial charge in [-0.25, -0.2) is 0 Å². The van der Waals surface area contributed by atoms with Crippen molar-refractivity contribution >= 4 is 23.6 Å². The van der Waals surface area contributed by atoms with Crippen LogP contribution in [-0.2, 0) is 11.2 Å². The van der Waals surface area contributed by atoms with Crippen molar-refractivity contribution in [2.45, 2.75) is 33.1 Å². The third-order valence-electron chi connectivity index (χ3n) is 4.97. The van der Waals surface area contributed by atoms with E-state index in [1.54, 1.807) is 6.07 Å². The van der Waals surface area contributed by atoms with Crippen molar-refractivity contribution in [1.29, 1.82) is 0 Å². The van der Waals surface area contributed by atoms with Gasteiger partial charge in [0.05, 0.1) is 11.3 Å². The number of aldehydes is 1. The number of hydrogen-bond donors (Lipinski definition) is 2. The number of carbonyl (C=O) groups excluding carboxylic acids is 2. The van der Waals surface area contributed by atoms with E-state index in [1.807, 2.05) is 42.5 Å². The Morgan fingerprint density at radius 3 is 2.57 bits per heavy atom. The SMILES string of the molecule is Cc1cn(-c2ccc(C(N)=O)c(Nc3ccccc3)c2)c(CCCC=O)c1C. The van der Waals surface area contributed by atoms with Crippen molar-refractivity contribution in [2.75, 3.05) is 5.32 Å². The van der Waals surface area contributed by atoms with Gasteiger partial charge in [0.2, 0.25) is 0 Å². The Hall–Kier alpha value is -3.34. The number of carbonyl (C=O) groups is 2. The monoisotopic (exact) mass is 375 g/mol. The van der Waals surface area contributed by atoms with Gasteiger partial charge in [-0.3, -0.25) is 4.79 Å². The van der Waals surface area contributed by atoms with Gasteiger partial charge in [-0.1, -0.05) is 18.2 Å². The Bertz CT molecular complexity index is 991. The molecule has 5 nitrogen and oxygen atoms in total. The highest BCUT2D eigenvalue weighted by atomic mass is 16.1. The highest BCUT2D eigenvalue weighted by molar-refractivity contribution is 5.99. The van der Waals surface area contributed by atoms with E-state index < -0.39 is 5.91 Å². The number of anilines is 2. The molecule has 0 spiro atoms. The van der Waals surface area contributed by atoms with Crippen LogP contribution in [0.1, 0.15) is 40.0 Å². The molecule has 3 rings (SSSR count). The fourth-order valence-electron chi connectivity index (χ4n) is 3.35. The summed E-state index contributed by atoms with van der Waals surface area (Å²) in [5.41, 5.74) is 12.1. The molecule has 1 amide bonds. The van der Waals surface area contributed by atoms with Crippen LogP contribution in [0.3, 0.4) is 0 Å². The maximum Gasteiger partial charge on any atom is 0.250 e. The molecule has 0 saturated heterocycles. The fraction of sp³-hybridized carbons (Fsp3) is 0.217. The number of aromatic nitrogens is 1. The average molecular weight is 375 g/mol. The van der Waals surface area contributed by atoms with E-state index in [0.29, 0.717) is 17.7 Å². The second-order valence-corrected chi connectivity index (χ2v) is 6.90. The van der Waals surface area contributed by atoms with E-state index >= 15 is 0 Å². The largest absolute Gasteiger partial charge is 0.366 e. The van der Waals surface area contributed by atoms with Gasteiger partial charge in [0.15, 0.2) is 0 Å². The Morgan fingerprint density at radius 1 is 1.14 bits per heavy atom. The molecule has 2 aromatic carbocycles. The normalized spacial score (nSPS) is 10.6. The van der Waals surface area contributed by atoms with Crippen LogP contribution in [0, 0.1) is 13.8 Å². The minimum Gasteiger partial charge on any atom is -0.366 e. The Balaban J connectivity index is 2.03. The molecule has 0 bridgehead atoms. The van der Waals surface area contributed by atoms with Crippen LogP contribution < -0.4 is 11.1 Å². The first-order valence-corrected chi connectivity index (χ1v) is 9.38. The molecule has 1 aromatic heterocycles. The third kappa shape index (κ3) is 4.14. The zero-order chi connectivity index (χ0) is 20.1. The molecule has 0 aliphatic heterocycles. The van der Waals surface area contributed by atoms with Crippen LogP contribution in [0.4, 0.5) is 11.4 Å². The zero-order valence-corrected chi connectivity index (χ0v) is 16.2. The van der Waals surface area contributed by atoms with Crippen LogP contribution in [0.25, 0.3) is 5.69 Å². The average Bonchev–Trinajstić information content (AvgIpc) is 2.97. The number of nitrogens with zero attached hydrogens (tertiary/aromatic N) is 1. The van der Waals surface area contributed by atoms with Crippen LogP contribution in [0.5, 0.6) is 0 Å². The number of benzene rings is 2. The van der Waals surface area contributed by atoms with Gasteiger partial charge in [-0.15, -0.1) is 0 Å². The first kappa shape index (κ1) is 19.4. The van der Waals surface area contributed by atoms with Crippen LogP contribution in [0.15, 0.2) is 54.7 Å². The molecule has 144 valence electrons. The molecular weight excluding hydrogens is 350 g/mol. The lowest BCUT2D eigenvalue weighted by Gasteiger charge is -2.15. The van der Waals surface area contributed by atoms with Crippen molar-refractivity contribution in [2.24, 2.45) is 5.73 Å². The first-order chi connectivity index (χ1) is 13.5. The smallest absolute Gasteiger partial charge is 0.250 e. The number of amides is 1. The van der Waals surface area contributed by atoms with Gasteiger partial charge in [-0.2, -0.15) is 0 Å². The molecule has 28 heavy (non-hydrogen) atoms. The van der Waals surface area contributed by atoms with Gasteiger partial charge in [0, 0.05) is 29.7 Å². The number of unbranched alkanes of at least 4 members (excludes halogenated alkanes) is 1. The maximum atomic E-state index is 11.9. The summed E-state index contributed by atoms with van der Waals surface area (Å²) < 4.78 is 2.14. The standard InChI is InChI=1S/C23H25N3O2/c1-16-15-26(22(17(16)2)10-6-7-13-27)19-11-12-20(23(24)28)21(14-19)25-18-8-4-3-5-9-18/h3-5,8-9,11-15,25H,6-7,10H2,1-2H3,(H2,24,28). The highest BCUT2D eigenvalue weighted by Gasteiger charge is 2.14. The minimum atomic E-state index is -0.476. The summed E-state index contributed by atoms with van der Waals surface area (Å²) in [7, 11) is 0. The van der Waals surface area contributed by atoms with Gasteiger partial charge in [0.1, 0.15) is 6.29 Å². The van der Waals surface area contributed by atoms with Crippen LogP contribution in [-0.4, -0.2) is 16.8 Å². The number of primary amides is 1. The highest BCUT2D eigenvalue weighted by Crippen LogP contribution is 2.28. The Labute approximate surface area is 165 Å². The maximum absolute atomic E-state index is 11.9. The lowest BCUT2D eigenvalue weighted by Crippen LogP contribution is -2.14. The molecule has 0 fully saturated rings. The van der Waals surface area contributed by atoms with Crippen LogP contribution in [0.2, 0.25) is 0 Å². The second-order valence-electron chi connectivity index (χ2n) is 6.90. The quantitative estimate of drug-likeness (QED) is 0.451. The second kappa shape index (κ2) is 8.57. The molecule has 0 radical (unpaired) electrons. The van der Waals surface area contributed by atoms with Crippen LogP contribution >= 0.6 is 0 Å². The number of para-hydroxylation sites is 1. The molecule has 0 unspecified atom stereocenters. The molecule has 5 heteroatoms. The van der Waals surface area contributed by atoms with Crippen molar-refractivity contribution in [3.05, 3.63) is 77.1 Å². The topological polar surface area (TPSA) is 77.1 Å². The predicted molar refractivity (Wildman–Crippen MR) is 112 cm³/mol. The number of nitrogens with one attached hydrogen (secondary N) is 1. The van der Waals surface area contributed by atoms with E-state index in [-0.39, 0.29) is 0 Å². The lowest BCUT2D eigenvalue weighted by molar-refractivity contribution is -0.107. The van der Waals surface area contributed by atoms with Gasteiger partial charge < -0.3 is 20.4 Å². The summed E-state index contributed by atoms with van der Waals surface area (Å²) in [6.07, 6.45) is 5.22. The molecule has 0 aliphatic carbocycles. The van der Waals surface area contributed by atoms with E-state index in [4.69, 9.17) is 5.73 Å². The molecule has 0 atom stereocenters. The summed E-state index contributed by atoms with van der Waals surface area (Å²) in [5.74, 6) is -0.476. The summed E-state index contributed by atoms with van der Waals surface area (Å²) in [6.45, 7) is 4.18. The number of hydrogen-bond acceptors (Lipinski definition) is 3. The predicted octanol–water partition coefficient (Wildman–Crippen LogP) is 4.46. The number of nitrogens with two attached hydrogens (primary N) is 1. The fourth-order valence-corrected chi connectivity index (χ4v) is 3.35. The van der Waals surface area contributed by atoms with Gasteiger partial charge in [-0.05, 0) is 68.1 Å². The molecule has 0 aliphatic rings. The van der Waals surface area contributed by atoms with Crippen molar-refractivity contribution < 1.29 is 9.59 Å². The molecule has 3 N–H and O–H groups in total. The summed E-state index contributed by atoms with van der Waals surface area (Å²) >= 11 is 0. The van der Waals surface area contributed by atoms with E-state index in [0.717, 1.165) is 30.5 Å². The van der Waals surface area contributed by atoms with E-state index in [2.05, 4.69) is 29.9 Å². The Morgan fingerprint density at radius 2 is 1.89 bits per heavy atom. The van der Waals surface area contributed by atoms with Gasteiger partial charge in [0.25, 0.3) is 5.91 Å². The van der Waals surface area contributed by atoms with E-state index in [9.17, 15) is 9.59 Å². The number of aryl methyl sites for hydroxylation is 1. The van der Waals surface area contributed by atoms with Gasteiger partial charge >= 0.3 is 0 Å². The first-order valence-electron chi connectivity index (χ1n) is 9.38. The number of rotatable bonds is 8. The minimum absolute atomic E-state index is 0.440. The molecule has 3 aromatic rings. The summed E-state index contributed by atoms with van der Waals surface area (Å²) in [6, 6.07) is 15.3. The summed E-state index contributed by atoms with van der Waals surface area (Å²) in [4.78, 5) is 22.6. The lowest BCUT2D eigenvalue weighted by atomic mass is 10.1. The third-order valence-corrected chi connectivity index (χ3v) is 4.97. The summed E-state index contributed by atoms with van der Waals surface area (Å²) in [5, 5.41) is 3.30. The van der Waals surface area contributed by atoms with E-state index in [1.165, 1.54) is 16.8 Å². The van der Waals surface area contributed by atoms with Crippen molar-refractivity contribution in [1.82, 2.24) is 4.57 Å². The van der Waals surface area contributed by atoms with Crippen molar-refractivity contribution in [3.63, 3.8) is 0 Å². The Kier molecular flexibility index (Phi) is 5.94. The zero-order valence-electron chi connectivity index (χ0n) is 16.2. The molecule has 1 heterocycles. The van der Waals surface area contributed by atoms with Crippen molar-refractivity contribution in [3.8, 4) is 5.69 Å². The molecule has 0 saturated carbocycles.